The number of benzene rings is 4. The highest BCUT2D eigenvalue weighted by Crippen LogP contribution is 2.44. The van der Waals surface area contributed by atoms with Crippen LogP contribution in [-0.2, 0) is 31.3 Å². The first-order chi connectivity index (χ1) is 15.5. The third-order valence-corrected chi connectivity index (χ3v) is 7.50. The summed E-state index contributed by atoms with van der Waals surface area (Å²) in [5, 5.41) is 12.7. The van der Waals surface area contributed by atoms with E-state index >= 15 is 0 Å². The molecule has 158 valence electrons. The maximum absolute atomic E-state index is 12.7. The molecule has 0 aliphatic heterocycles. The molecule has 4 aromatic carbocycles. The summed E-state index contributed by atoms with van der Waals surface area (Å²) in [7, 11) is 0. The van der Waals surface area contributed by atoms with Gasteiger partial charge in [0.2, 0.25) is 0 Å². The van der Waals surface area contributed by atoms with E-state index in [0.29, 0.717) is 0 Å². The van der Waals surface area contributed by atoms with Crippen molar-refractivity contribution in [3.05, 3.63) is 129 Å². The van der Waals surface area contributed by atoms with E-state index < -0.39 is 5.60 Å². The van der Waals surface area contributed by atoms with Crippen molar-refractivity contribution < 1.29 is 5.11 Å². The van der Waals surface area contributed by atoms with Gasteiger partial charge in [0.15, 0.2) is 0 Å². The predicted octanol–water partition coefficient (Wildman–Crippen LogP) is 6.45. The van der Waals surface area contributed by atoms with Crippen molar-refractivity contribution in [3.8, 4) is 11.1 Å². The van der Waals surface area contributed by atoms with Crippen molar-refractivity contribution in [3.63, 3.8) is 0 Å². The molecule has 0 spiro atoms. The molecule has 0 amide bonds. The van der Waals surface area contributed by atoms with E-state index in [-0.39, 0.29) is 0 Å². The van der Waals surface area contributed by atoms with Crippen LogP contribution in [0, 0.1) is 13.8 Å². The Hall–Kier alpha value is -3.16. The molecule has 4 aromatic rings. The fourth-order valence-corrected chi connectivity index (χ4v) is 5.26. The number of hydrogen-bond acceptors (Lipinski definition) is 1. The van der Waals surface area contributed by atoms with E-state index in [1.165, 1.54) is 27.8 Å². The van der Waals surface area contributed by atoms with Crippen molar-refractivity contribution in [2.75, 3.05) is 0 Å². The Bertz CT molecular complexity index is 1290. The number of fused-ring (bicyclic) bond motifs is 2. The van der Waals surface area contributed by atoms with Gasteiger partial charge in [-0.2, -0.15) is 0 Å². The second-order valence-corrected chi connectivity index (χ2v) is 9.59. The van der Waals surface area contributed by atoms with Crippen LogP contribution in [0.3, 0.4) is 0 Å². The maximum Gasteiger partial charge on any atom is 0.141 e. The van der Waals surface area contributed by atoms with Crippen molar-refractivity contribution in [2.45, 2.75) is 45.1 Å². The second-order valence-electron chi connectivity index (χ2n) is 9.59. The highest BCUT2D eigenvalue weighted by molar-refractivity contribution is 5.72. The minimum absolute atomic E-state index is 0.958. The Kier molecular flexibility index (Phi) is 4.38. The highest BCUT2D eigenvalue weighted by Gasteiger charge is 2.38. The molecule has 0 aromatic heterocycles. The van der Waals surface area contributed by atoms with Crippen molar-refractivity contribution in [1.82, 2.24) is 0 Å². The molecular formula is C31H28O. The molecule has 1 nitrogen and oxygen atoms in total. The quantitative estimate of drug-likeness (QED) is 0.379. The van der Waals surface area contributed by atoms with Crippen molar-refractivity contribution in [2.24, 2.45) is 0 Å². The van der Waals surface area contributed by atoms with Gasteiger partial charge in [-0.3, -0.25) is 0 Å². The lowest BCUT2D eigenvalue weighted by Crippen LogP contribution is -2.31. The molecule has 0 heterocycles. The second kappa shape index (κ2) is 7.18. The molecule has 0 saturated heterocycles. The van der Waals surface area contributed by atoms with E-state index in [0.717, 1.165) is 59.1 Å². The molecule has 6 rings (SSSR count). The molecule has 0 bridgehead atoms. The summed E-state index contributed by atoms with van der Waals surface area (Å²) in [5.74, 6) is 0. The van der Waals surface area contributed by atoms with Crippen LogP contribution in [-0.4, -0.2) is 5.11 Å². The molecule has 2 aliphatic rings. The Morgan fingerprint density at radius 2 is 1.09 bits per heavy atom. The molecule has 0 atom stereocenters. The van der Waals surface area contributed by atoms with Gasteiger partial charge in [0, 0.05) is 5.56 Å². The first kappa shape index (κ1) is 19.5. The van der Waals surface area contributed by atoms with Crippen LogP contribution in [0.5, 0.6) is 0 Å². The van der Waals surface area contributed by atoms with Gasteiger partial charge < -0.3 is 5.11 Å². The zero-order valence-electron chi connectivity index (χ0n) is 18.8. The number of aliphatic hydroxyl groups is 1. The van der Waals surface area contributed by atoms with Crippen LogP contribution in [0.4, 0.5) is 0 Å². The zero-order chi connectivity index (χ0) is 21.9. The standard InChI is InChI=1S/C31H28O/c1-20-3-6-24(7-4-20)29-16-5-21(2)17-30(29)31(32,27-14-12-22-8-10-25(22)18-27)28-15-13-23-9-11-26(23)19-28/h3-7,12-19,32H,8-11H2,1-2H3. The van der Waals surface area contributed by atoms with E-state index in [9.17, 15) is 5.11 Å². The predicted molar refractivity (Wildman–Crippen MR) is 131 cm³/mol. The largest absolute Gasteiger partial charge is 0.376 e. The van der Waals surface area contributed by atoms with Crippen LogP contribution < -0.4 is 0 Å². The summed E-state index contributed by atoms with van der Waals surface area (Å²) >= 11 is 0. The van der Waals surface area contributed by atoms with Gasteiger partial charge >= 0.3 is 0 Å². The minimum Gasteiger partial charge on any atom is -0.376 e. The molecule has 0 radical (unpaired) electrons. The lowest BCUT2D eigenvalue weighted by molar-refractivity contribution is 0.126. The Morgan fingerprint density at radius 1 is 0.562 bits per heavy atom. The summed E-state index contributed by atoms with van der Waals surface area (Å²) < 4.78 is 0. The van der Waals surface area contributed by atoms with Crippen molar-refractivity contribution >= 4 is 0 Å². The maximum atomic E-state index is 12.7. The average Bonchev–Trinajstić information content (AvgIpc) is 2.76. The first-order valence-corrected chi connectivity index (χ1v) is 11.7. The fraction of sp³-hybridized carbons (Fsp3) is 0.226. The van der Waals surface area contributed by atoms with Crippen LogP contribution in [0.25, 0.3) is 11.1 Å². The average molecular weight is 417 g/mol. The summed E-state index contributed by atoms with van der Waals surface area (Å²) in [5.41, 5.74) is 11.9. The molecule has 0 fully saturated rings. The lowest BCUT2D eigenvalue weighted by atomic mass is 9.73. The Labute approximate surface area is 190 Å². The van der Waals surface area contributed by atoms with Gasteiger partial charge in [0.25, 0.3) is 0 Å². The summed E-state index contributed by atoms with van der Waals surface area (Å²) in [4.78, 5) is 0. The normalized spacial score (nSPS) is 14.2. The molecule has 1 N–H and O–H groups in total. The third-order valence-electron chi connectivity index (χ3n) is 7.50. The number of rotatable bonds is 4. The number of hydrogen-bond donors (Lipinski definition) is 1. The molecular weight excluding hydrogens is 388 g/mol. The van der Waals surface area contributed by atoms with E-state index in [1.807, 2.05) is 0 Å². The highest BCUT2D eigenvalue weighted by atomic mass is 16.3. The smallest absolute Gasteiger partial charge is 0.141 e. The van der Waals surface area contributed by atoms with Gasteiger partial charge in [-0.05, 0) is 84.0 Å². The third kappa shape index (κ3) is 2.96. The van der Waals surface area contributed by atoms with Crippen molar-refractivity contribution in [1.29, 1.82) is 0 Å². The van der Waals surface area contributed by atoms with Crippen LogP contribution in [0.2, 0.25) is 0 Å². The molecule has 0 saturated carbocycles. The van der Waals surface area contributed by atoms with E-state index in [4.69, 9.17) is 0 Å². The molecule has 1 heteroatoms. The molecule has 2 aliphatic carbocycles. The van der Waals surface area contributed by atoms with Gasteiger partial charge in [-0.25, -0.2) is 0 Å². The molecule has 0 unspecified atom stereocenters. The topological polar surface area (TPSA) is 20.2 Å². The fourth-order valence-electron chi connectivity index (χ4n) is 5.26. The van der Waals surface area contributed by atoms with Crippen LogP contribution in [0.1, 0.15) is 50.1 Å². The van der Waals surface area contributed by atoms with E-state index in [1.54, 1.807) is 0 Å². The van der Waals surface area contributed by atoms with Gasteiger partial charge in [-0.15, -0.1) is 0 Å². The summed E-state index contributed by atoms with van der Waals surface area (Å²) in [6.07, 6.45) is 4.49. The number of aryl methyl sites for hydroxylation is 6. The van der Waals surface area contributed by atoms with Crippen LogP contribution in [0.15, 0.2) is 78.9 Å². The van der Waals surface area contributed by atoms with Gasteiger partial charge in [-0.1, -0.05) is 90.0 Å². The zero-order valence-corrected chi connectivity index (χ0v) is 18.8. The van der Waals surface area contributed by atoms with E-state index in [2.05, 4.69) is 92.7 Å². The monoisotopic (exact) mass is 416 g/mol. The summed E-state index contributed by atoms with van der Waals surface area (Å²) in [6.45, 7) is 4.22. The SMILES string of the molecule is Cc1ccc(-c2ccc(C)cc2C(O)(c2ccc3c(c2)CC3)c2ccc3c(c2)CC3)cc1. The minimum atomic E-state index is -1.21. The lowest BCUT2D eigenvalue weighted by Gasteiger charge is -2.35. The van der Waals surface area contributed by atoms with Gasteiger partial charge in [0.05, 0.1) is 0 Å². The Balaban J connectivity index is 1.63. The van der Waals surface area contributed by atoms with Crippen LogP contribution >= 0.6 is 0 Å². The Morgan fingerprint density at radius 3 is 1.59 bits per heavy atom. The first-order valence-electron chi connectivity index (χ1n) is 11.7. The molecule has 32 heavy (non-hydrogen) atoms. The summed E-state index contributed by atoms with van der Waals surface area (Å²) in [6, 6.07) is 28.3. The van der Waals surface area contributed by atoms with Gasteiger partial charge in [0.1, 0.15) is 5.60 Å².